The van der Waals surface area contributed by atoms with Gasteiger partial charge in [0, 0.05) is 18.4 Å². The van der Waals surface area contributed by atoms with Crippen molar-refractivity contribution < 1.29 is 0 Å². The SMILES string of the molecule is CC1=CC=C/C1=C1\C#CCC12C#CCC2. The van der Waals surface area contributed by atoms with Gasteiger partial charge in [-0.05, 0) is 24.5 Å². The quantitative estimate of drug-likeness (QED) is 0.518. The van der Waals surface area contributed by atoms with Crippen LogP contribution in [0.1, 0.15) is 26.2 Å². The molecule has 0 saturated carbocycles. The van der Waals surface area contributed by atoms with Crippen LogP contribution in [0.25, 0.3) is 0 Å². The molecule has 0 saturated heterocycles. The summed E-state index contributed by atoms with van der Waals surface area (Å²) in [5.74, 6) is 13.1. The summed E-state index contributed by atoms with van der Waals surface area (Å²) in [5, 5.41) is 0. The lowest BCUT2D eigenvalue weighted by atomic mass is 9.78. The van der Waals surface area contributed by atoms with Crippen molar-refractivity contribution in [3.05, 3.63) is 34.9 Å². The van der Waals surface area contributed by atoms with Crippen molar-refractivity contribution in [1.29, 1.82) is 0 Å². The maximum atomic E-state index is 3.39. The molecule has 0 N–H and O–H groups in total. The van der Waals surface area contributed by atoms with Crippen molar-refractivity contribution in [1.82, 2.24) is 0 Å². The van der Waals surface area contributed by atoms with Crippen LogP contribution in [-0.2, 0) is 0 Å². The van der Waals surface area contributed by atoms with Crippen molar-refractivity contribution in [2.24, 2.45) is 5.41 Å². The third-order valence-electron chi connectivity index (χ3n) is 3.39. The second-order valence-electron chi connectivity index (χ2n) is 4.36. The van der Waals surface area contributed by atoms with Crippen LogP contribution in [0.4, 0.5) is 0 Å². The van der Waals surface area contributed by atoms with Crippen LogP contribution in [-0.4, -0.2) is 0 Å². The summed E-state index contributed by atoms with van der Waals surface area (Å²) in [5.41, 5.74) is 3.97. The number of hydrogen-bond donors (Lipinski definition) is 0. The van der Waals surface area contributed by atoms with E-state index in [0.29, 0.717) is 0 Å². The van der Waals surface area contributed by atoms with Crippen LogP contribution in [0, 0.1) is 29.1 Å². The predicted octanol–water partition coefficient (Wildman–Crippen LogP) is 2.99. The summed E-state index contributed by atoms with van der Waals surface area (Å²) in [6.07, 6.45) is 9.50. The van der Waals surface area contributed by atoms with Crippen LogP contribution >= 0.6 is 0 Å². The van der Waals surface area contributed by atoms with Gasteiger partial charge in [0.15, 0.2) is 0 Å². The molecule has 1 spiro atoms. The first-order valence-corrected chi connectivity index (χ1v) is 5.41. The van der Waals surface area contributed by atoms with Crippen LogP contribution in [0.15, 0.2) is 34.9 Å². The lowest BCUT2D eigenvalue weighted by Gasteiger charge is -2.21. The van der Waals surface area contributed by atoms with Crippen LogP contribution in [0.2, 0.25) is 0 Å². The standard InChI is InChI=1S/C15H12/c1-12-6-4-7-13(12)14-8-5-11-15(14)9-2-3-10-15/h4,6-7H,2,9,11H2,1H3/b14-13-. The maximum Gasteiger partial charge on any atom is 0.0765 e. The van der Waals surface area contributed by atoms with Gasteiger partial charge < -0.3 is 0 Å². The lowest BCUT2D eigenvalue weighted by Crippen LogP contribution is -2.16. The summed E-state index contributed by atoms with van der Waals surface area (Å²) < 4.78 is 0. The van der Waals surface area contributed by atoms with E-state index in [-0.39, 0.29) is 5.41 Å². The zero-order chi connectivity index (χ0) is 10.3. The highest BCUT2D eigenvalue weighted by atomic mass is 14.4. The van der Waals surface area contributed by atoms with E-state index in [0.717, 1.165) is 19.3 Å². The molecular weight excluding hydrogens is 180 g/mol. The van der Waals surface area contributed by atoms with Crippen molar-refractivity contribution in [2.75, 3.05) is 0 Å². The average molecular weight is 192 g/mol. The van der Waals surface area contributed by atoms with E-state index in [1.54, 1.807) is 0 Å². The molecule has 0 aliphatic heterocycles. The highest BCUT2D eigenvalue weighted by Gasteiger charge is 2.37. The monoisotopic (exact) mass is 192 g/mol. The van der Waals surface area contributed by atoms with Gasteiger partial charge >= 0.3 is 0 Å². The Morgan fingerprint density at radius 1 is 1.33 bits per heavy atom. The van der Waals surface area contributed by atoms with E-state index in [4.69, 9.17) is 0 Å². The Labute approximate surface area is 90.8 Å². The van der Waals surface area contributed by atoms with E-state index in [1.165, 1.54) is 16.7 Å². The molecule has 3 aliphatic carbocycles. The molecule has 0 bridgehead atoms. The maximum absolute atomic E-state index is 3.39. The summed E-state index contributed by atoms with van der Waals surface area (Å²) in [6.45, 7) is 2.15. The summed E-state index contributed by atoms with van der Waals surface area (Å²) in [7, 11) is 0. The fraction of sp³-hybridized carbons (Fsp3) is 0.333. The summed E-state index contributed by atoms with van der Waals surface area (Å²) >= 11 is 0. The minimum absolute atomic E-state index is 0.0547. The molecule has 3 rings (SSSR count). The molecule has 0 heteroatoms. The molecule has 15 heavy (non-hydrogen) atoms. The molecule has 0 radical (unpaired) electrons. The molecule has 0 nitrogen and oxygen atoms in total. The Balaban J connectivity index is 2.15. The van der Waals surface area contributed by atoms with Crippen LogP contribution in [0.3, 0.4) is 0 Å². The second-order valence-corrected chi connectivity index (χ2v) is 4.36. The number of rotatable bonds is 0. The van der Waals surface area contributed by atoms with Gasteiger partial charge in [0.2, 0.25) is 0 Å². The van der Waals surface area contributed by atoms with Gasteiger partial charge in [0.1, 0.15) is 0 Å². The Hall–Kier alpha value is -1.66. The first-order valence-electron chi connectivity index (χ1n) is 5.41. The van der Waals surface area contributed by atoms with Crippen molar-refractivity contribution in [2.45, 2.75) is 26.2 Å². The average Bonchev–Trinajstić information content (AvgIpc) is 2.90. The predicted molar refractivity (Wildman–Crippen MR) is 61.8 cm³/mol. The topological polar surface area (TPSA) is 0 Å². The molecule has 1 atom stereocenters. The second kappa shape index (κ2) is 2.91. The van der Waals surface area contributed by atoms with Crippen molar-refractivity contribution >= 4 is 0 Å². The molecule has 0 amide bonds. The normalized spacial score (nSPS) is 35.1. The first-order chi connectivity index (χ1) is 7.32. The number of allylic oxidation sites excluding steroid dienone is 6. The van der Waals surface area contributed by atoms with E-state index >= 15 is 0 Å². The molecule has 0 heterocycles. The van der Waals surface area contributed by atoms with Gasteiger partial charge in [-0.1, -0.05) is 36.0 Å². The van der Waals surface area contributed by atoms with Crippen LogP contribution < -0.4 is 0 Å². The Kier molecular flexibility index (Phi) is 1.68. The smallest absolute Gasteiger partial charge is 0.0765 e. The van der Waals surface area contributed by atoms with Gasteiger partial charge in [0.05, 0.1) is 5.41 Å². The third-order valence-corrected chi connectivity index (χ3v) is 3.39. The molecular formula is C15H12. The van der Waals surface area contributed by atoms with Crippen molar-refractivity contribution in [3.63, 3.8) is 0 Å². The molecule has 0 aromatic carbocycles. The van der Waals surface area contributed by atoms with Crippen molar-refractivity contribution in [3.8, 4) is 23.7 Å². The Morgan fingerprint density at radius 3 is 2.93 bits per heavy atom. The number of hydrogen-bond acceptors (Lipinski definition) is 0. The first kappa shape index (κ1) is 8.63. The minimum atomic E-state index is 0.0547. The lowest BCUT2D eigenvalue weighted by molar-refractivity contribution is 0.499. The summed E-state index contributed by atoms with van der Waals surface area (Å²) in [6, 6.07) is 0. The fourth-order valence-corrected chi connectivity index (χ4v) is 2.50. The highest BCUT2D eigenvalue weighted by molar-refractivity contribution is 5.61. The molecule has 1 unspecified atom stereocenters. The highest BCUT2D eigenvalue weighted by Crippen LogP contribution is 2.44. The fourth-order valence-electron chi connectivity index (χ4n) is 2.50. The van der Waals surface area contributed by atoms with E-state index in [2.05, 4.69) is 48.8 Å². The molecule has 0 fully saturated rings. The Bertz CT molecular complexity index is 532. The van der Waals surface area contributed by atoms with Gasteiger partial charge in [-0.2, -0.15) is 0 Å². The molecule has 72 valence electrons. The zero-order valence-corrected chi connectivity index (χ0v) is 8.85. The van der Waals surface area contributed by atoms with E-state index < -0.39 is 0 Å². The largest absolute Gasteiger partial charge is 0.102 e. The van der Waals surface area contributed by atoms with Crippen LogP contribution in [0.5, 0.6) is 0 Å². The summed E-state index contributed by atoms with van der Waals surface area (Å²) in [4.78, 5) is 0. The zero-order valence-electron chi connectivity index (χ0n) is 8.85. The van der Waals surface area contributed by atoms with E-state index in [9.17, 15) is 0 Å². The molecule has 0 aromatic rings. The van der Waals surface area contributed by atoms with Gasteiger partial charge in [-0.25, -0.2) is 0 Å². The third kappa shape index (κ3) is 1.12. The minimum Gasteiger partial charge on any atom is -0.102 e. The van der Waals surface area contributed by atoms with Gasteiger partial charge in [-0.3, -0.25) is 0 Å². The van der Waals surface area contributed by atoms with Gasteiger partial charge in [0.25, 0.3) is 0 Å². The molecule has 0 aromatic heterocycles. The van der Waals surface area contributed by atoms with Gasteiger partial charge in [-0.15, -0.1) is 5.92 Å². The molecule has 3 aliphatic rings. The van der Waals surface area contributed by atoms with E-state index in [1.807, 2.05) is 0 Å². The Morgan fingerprint density at radius 2 is 2.27 bits per heavy atom.